The van der Waals surface area contributed by atoms with Gasteiger partial charge in [0.2, 0.25) is 0 Å². The van der Waals surface area contributed by atoms with Gasteiger partial charge in [0, 0.05) is 31.2 Å². The van der Waals surface area contributed by atoms with E-state index >= 15 is 0 Å². The maximum Gasteiger partial charge on any atom is 0.326 e. The Labute approximate surface area is 158 Å². The van der Waals surface area contributed by atoms with E-state index in [4.69, 9.17) is 9.47 Å². The number of amides is 1. The summed E-state index contributed by atoms with van der Waals surface area (Å²) in [6, 6.07) is 13.9. The van der Waals surface area contributed by atoms with Gasteiger partial charge in [0.25, 0.3) is 5.91 Å². The topological polar surface area (TPSA) is 76.1 Å². The first-order chi connectivity index (χ1) is 13.0. The van der Waals surface area contributed by atoms with Crippen LogP contribution in [0.5, 0.6) is 5.75 Å². The molecule has 0 saturated carbocycles. The van der Waals surface area contributed by atoms with Gasteiger partial charge in [-0.2, -0.15) is 0 Å². The molecule has 1 N–H and O–H groups in total. The van der Waals surface area contributed by atoms with Crippen LogP contribution in [0.15, 0.2) is 48.5 Å². The maximum absolute atomic E-state index is 13.0. The molecule has 2 aromatic carbocycles. The van der Waals surface area contributed by atoms with Gasteiger partial charge >= 0.3 is 5.97 Å². The lowest BCUT2D eigenvalue weighted by Gasteiger charge is -2.21. The van der Waals surface area contributed by atoms with Crippen LogP contribution in [0.1, 0.15) is 23.7 Å². The average molecular weight is 369 g/mol. The molecule has 0 radical (unpaired) electrons. The highest BCUT2D eigenvalue weighted by Gasteiger charge is 2.40. The van der Waals surface area contributed by atoms with Crippen LogP contribution in [0.25, 0.3) is 11.1 Å². The lowest BCUT2D eigenvalue weighted by molar-refractivity contribution is -0.141. The van der Waals surface area contributed by atoms with Gasteiger partial charge in [-0.15, -0.1) is 0 Å². The van der Waals surface area contributed by atoms with Crippen LogP contribution < -0.4 is 4.74 Å². The van der Waals surface area contributed by atoms with Crippen molar-refractivity contribution in [2.45, 2.75) is 25.5 Å². The van der Waals surface area contributed by atoms with E-state index in [1.807, 2.05) is 37.3 Å². The van der Waals surface area contributed by atoms with Gasteiger partial charge in [-0.1, -0.05) is 30.3 Å². The third-order valence-corrected chi connectivity index (χ3v) is 4.75. The minimum Gasteiger partial charge on any atom is -0.493 e. The predicted molar refractivity (Wildman–Crippen MR) is 101 cm³/mol. The molecule has 0 aliphatic carbocycles. The van der Waals surface area contributed by atoms with Crippen molar-refractivity contribution < 1.29 is 24.2 Å². The Morgan fingerprint density at radius 2 is 1.96 bits per heavy atom. The second kappa shape index (κ2) is 8.22. The van der Waals surface area contributed by atoms with Gasteiger partial charge < -0.3 is 19.5 Å². The normalized spacial score (nSPS) is 19.1. The first-order valence-corrected chi connectivity index (χ1v) is 8.94. The molecule has 0 aromatic heterocycles. The van der Waals surface area contributed by atoms with E-state index in [2.05, 4.69) is 0 Å². The lowest BCUT2D eigenvalue weighted by atomic mass is 10.0. The fourth-order valence-electron chi connectivity index (χ4n) is 3.40. The molecule has 1 aliphatic heterocycles. The monoisotopic (exact) mass is 369 g/mol. The zero-order chi connectivity index (χ0) is 19.4. The Morgan fingerprint density at radius 1 is 1.19 bits per heavy atom. The van der Waals surface area contributed by atoms with Gasteiger partial charge in [0.05, 0.1) is 12.7 Å². The van der Waals surface area contributed by atoms with Crippen molar-refractivity contribution in [2.75, 3.05) is 20.3 Å². The number of hydrogen-bond donors (Lipinski definition) is 1. The van der Waals surface area contributed by atoms with E-state index in [-0.39, 0.29) is 18.6 Å². The highest BCUT2D eigenvalue weighted by atomic mass is 16.5. The van der Waals surface area contributed by atoms with Crippen LogP contribution in [0.2, 0.25) is 0 Å². The Kier molecular flexibility index (Phi) is 5.76. The zero-order valence-corrected chi connectivity index (χ0v) is 15.4. The molecule has 2 aromatic rings. The van der Waals surface area contributed by atoms with E-state index in [0.717, 1.165) is 16.9 Å². The summed E-state index contributed by atoms with van der Waals surface area (Å²) in [6.45, 7) is 2.73. The molecule has 1 saturated heterocycles. The molecule has 1 amide bonds. The highest BCUT2D eigenvalue weighted by molar-refractivity contribution is 5.98. The second-order valence-corrected chi connectivity index (χ2v) is 6.41. The number of likely N-dealkylation sites (tertiary alicyclic amines) is 1. The van der Waals surface area contributed by atoms with Crippen LogP contribution in [-0.4, -0.2) is 54.3 Å². The average Bonchev–Trinajstić information content (AvgIpc) is 3.13. The Balaban J connectivity index is 1.92. The Hall–Kier alpha value is -2.86. The second-order valence-electron chi connectivity index (χ2n) is 6.41. The first-order valence-electron chi connectivity index (χ1n) is 8.94. The first kappa shape index (κ1) is 18.9. The van der Waals surface area contributed by atoms with Gasteiger partial charge in [0.15, 0.2) is 0 Å². The number of carbonyl (C=O) groups excluding carboxylic acids is 1. The van der Waals surface area contributed by atoms with Crippen molar-refractivity contribution in [2.24, 2.45) is 0 Å². The van der Waals surface area contributed by atoms with Gasteiger partial charge in [-0.3, -0.25) is 4.79 Å². The van der Waals surface area contributed by atoms with Crippen LogP contribution in [0.4, 0.5) is 0 Å². The van der Waals surface area contributed by atoms with Crippen molar-refractivity contribution in [3.63, 3.8) is 0 Å². The number of carboxylic acid groups (broad SMARTS) is 1. The van der Waals surface area contributed by atoms with Crippen molar-refractivity contribution in [3.05, 3.63) is 54.1 Å². The van der Waals surface area contributed by atoms with Crippen molar-refractivity contribution in [1.82, 2.24) is 4.90 Å². The molecule has 142 valence electrons. The van der Waals surface area contributed by atoms with Crippen molar-refractivity contribution in [3.8, 4) is 16.9 Å². The molecular formula is C21H23NO5. The van der Waals surface area contributed by atoms with E-state index in [0.29, 0.717) is 18.6 Å². The molecule has 0 bridgehead atoms. The number of hydrogen-bond acceptors (Lipinski definition) is 4. The molecular weight excluding hydrogens is 346 g/mol. The number of aliphatic carboxylic acids is 1. The molecule has 1 aliphatic rings. The molecule has 1 fully saturated rings. The summed E-state index contributed by atoms with van der Waals surface area (Å²) >= 11 is 0. The van der Waals surface area contributed by atoms with Crippen LogP contribution in [0, 0.1) is 0 Å². The summed E-state index contributed by atoms with van der Waals surface area (Å²) in [6.07, 6.45) is 0.0293. The van der Waals surface area contributed by atoms with Gasteiger partial charge in [-0.05, 0) is 30.7 Å². The molecule has 0 spiro atoms. The lowest BCUT2D eigenvalue weighted by Crippen LogP contribution is -2.40. The zero-order valence-electron chi connectivity index (χ0n) is 15.4. The van der Waals surface area contributed by atoms with Gasteiger partial charge in [-0.25, -0.2) is 4.79 Å². The Bertz CT molecular complexity index is 835. The predicted octanol–water partition coefficient (Wildman–Crippen LogP) is 3.07. The van der Waals surface area contributed by atoms with E-state index < -0.39 is 12.0 Å². The van der Waals surface area contributed by atoms with Crippen LogP contribution in [-0.2, 0) is 9.53 Å². The molecule has 3 rings (SSSR count). The number of carboxylic acids is 1. The Morgan fingerprint density at radius 3 is 2.67 bits per heavy atom. The quantitative estimate of drug-likeness (QED) is 0.847. The number of ether oxygens (including phenoxy) is 2. The van der Waals surface area contributed by atoms with Crippen LogP contribution in [0.3, 0.4) is 0 Å². The summed E-state index contributed by atoms with van der Waals surface area (Å²) in [5, 5.41) is 9.45. The molecule has 27 heavy (non-hydrogen) atoms. The summed E-state index contributed by atoms with van der Waals surface area (Å²) in [5.41, 5.74) is 2.18. The number of methoxy groups -OCH3 is 1. The number of nitrogens with zero attached hydrogens (tertiary/aromatic N) is 1. The number of benzene rings is 2. The third-order valence-electron chi connectivity index (χ3n) is 4.75. The van der Waals surface area contributed by atoms with Crippen molar-refractivity contribution >= 4 is 11.9 Å². The van der Waals surface area contributed by atoms with E-state index in [9.17, 15) is 14.7 Å². The molecule has 6 nitrogen and oxygen atoms in total. The standard InChI is InChI=1S/C21H23NO5/c1-3-27-19-10-5-4-9-17(19)14-7-6-8-15(11-14)20(23)22-13-16(26-2)12-18(22)21(24)25/h4-11,16,18H,3,12-13H2,1-2H3,(H,24,25). The highest BCUT2D eigenvalue weighted by Crippen LogP contribution is 2.31. The summed E-state index contributed by atoms with van der Waals surface area (Å²) < 4.78 is 10.9. The summed E-state index contributed by atoms with van der Waals surface area (Å²) in [4.78, 5) is 25.9. The molecule has 2 atom stereocenters. The molecule has 2 unspecified atom stereocenters. The van der Waals surface area contributed by atoms with E-state index in [1.54, 1.807) is 18.2 Å². The minimum atomic E-state index is -1.01. The van der Waals surface area contributed by atoms with Crippen LogP contribution >= 0.6 is 0 Å². The fourth-order valence-corrected chi connectivity index (χ4v) is 3.40. The minimum absolute atomic E-state index is 0.267. The van der Waals surface area contributed by atoms with Crippen molar-refractivity contribution in [1.29, 1.82) is 0 Å². The number of para-hydroxylation sites is 1. The largest absolute Gasteiger partial charge is 0.493 e. The summed E-state index contributed by atoms with van der Waals surface area (Å²) in [5.74, 6) is -0.577. The summed E-state index contributed by atoms with van der Waals surface area (Å²) in [7, 11) is 1.53. The SMILES string of the molecule is CCOc1ccccc1-c1cccc(C(=O)N2CC(OC)CC2C(=O)O)c1. The third kappa shape index (κ3) is 3.95. The molecule has 1 heterocycles. The molecule has 6 heteroatoms. The number of rotatable bonds is 6. The number of carbonyl (C=O) groups is 2. The van der Waals surface area contributed by atoms with Gasteiger partial charge in [0.1, 0.15) is 11.8 Å². The maximum atomic E-state index is 13.0. The smallest absolute Gasteiger partial charge is 0.326 e. The van der Waals surface area contributed by atoms with E-state index in [1.165, 1.54) is 12.0 Å². The fraction of sp³-hybridized carbons (Fsp3) is 0.333.